The van der Waals surface area contributed by atoms with Gasteiger partial charge in [0.05, 0.1) is 12.2 Å². The number of hydrogen-bond acceptors (Lipinski definition) is 4. The first-order chi connectivity index (χ1) is 7.69. The van der Waals surface area contributed by atoms with E-state index in [9.17, 15) is 15.3 Å². The molecule has 2 aliphatic rings. The minimum absolute atomic E-state index is 0.0368. The fraction of sp³-hybridized carbons (Fsp3) is 1.00. The van der Waals surface area contributed by atoms with Crippen molar-refractivity contribution in [3.63, 3.8) is 0 Å². The van der Waals surface area contributed by atoms with E-state index in [0.29, 0.717) is 12.5 Å². The van der Waals surface area contributed by atoms with Gasteiger partial charge in [-0.1, -0.05) is 19.8 Å². The lowest BCUT2D eigenvalue weighted by Crippen LogP contribution is -2.51. The molecule has 0 saturated carbocycles. The first kappa shape index (κ1) is 12.3. The predicted octanol–water partition coefficient (Wildman–Crippen LogP) is -0.179. The zero-order valence-corrected chi connectivity index (χ0v) is 9.92. The topological polar surface area (TPSA) is 63.9 Å². The average molecular weight is 229 g/mol. The van der Waals surface area contributed by atoms with E-state index in [0.717, 1.165) is 25.8 Å². The lowest BCUT2D eigenvalue weighted by molar-refractivity contribution is -0.0256. The van der Waals surface area contributed by atoms with Gasteiger partial charge in [-0.25, -0.2) is 0 Å². The number of rotatable bonds is 3. The summed E-state index contributed by atoms with van der Waals surface area (Å²) in [7, 11) is 0. The van der Waals surface area contributed by atoms with Crippen LogP contribution in [0.5, 0.6) is 0 Å². The molecule has 0 aromatic rings. The van der Waals surface area contributed by atoms with Crippen LogP contribution in [-0.2, 0) is 0 Å². The van der Waals surface area contributed by atoms with Crippen molar-refractivity contribution in [3.05, 3.63) is 0 Å². The normalized spacial score (nSPS) is 44.6. The third-order valence-electron chi connectivity index (χ3n) is 4.29. The second-order valence-electron chi connectivity index (χ2n) is 5.23. The second-order valence-corrected chi connectivity index (χ2v) is 5.23. The Morgan fingerprint density at radius 3 is 2.69 bits per heavy atom. The highest BCUT2D eigenvalue weighted by Gasteiger charge is 2.48. The summed E-state index contributed by atoms with van der Waals surface area (Å²) in [6.07, 6.45) is 1.98. The Hall–Kier alpha value is -0.160. The summed E-state index contributed by atoms with van der Waals surface area (Å²) in [4.78, 5) is 2.14. The molecule has 2 rings (SSSR count). The van der Waals surface area contributed by atoms with Gasteiger partial charge < -0.3 is 15.3 Å². The highest BCUT2D eigenvalue weighted by atomic mass is 16.3. The maximum Gasteiger partial charge on any atom is 0.0970 e. The fourth-order valence-corrected chi connectivity index (χ4v) is 3.49. The van der Waals surface area contributed by atoms with Gasteiger partial charge in [0, 0.05) is 25.1 Å². The average Bonchev–Trinajstić information content (AvgIpc) is 2.56. The van der Waals surface area contributed by atoms with Crippen molar-refractivity contribution in [3.8, 4) is 0 Å². The molecule has 0 amide bonds. The molecule has 0 aliphatic carbocycles. The van der Waals surface area contributed by atoms with Gasteiger partial charge in [-0.2, -0.15) is 0 Å². The van der Waals surface area contributed by atoms with Gasteiger partial charge in [-0.05, 0) is 18.9 Å². The molecule has 2 aliphatic heterocycles. The molecule has 0 radical (unpaired) electrons. The third-order valence-corrected chi connectivity index (χ3v) is 4.29. The standard InChI is InChI=1S/C12H23NO3/c1-2-3-8-4-5-13-6-10(15)12(16)11(13)9(8)7-14/h8-12,14-16H,2-7H2,1H3. The van der Waals surface area contributed by atoms with Gasteiger partial charge in [-0.3, -0.25) is 4.90 Å². The Balaban J connectivity index is 2.11. The van der Waals surface area contributed by atoms with Crippen LogP contribution in [0.25, 0.3) is 0 Å². The molecule has 5 atom stereocenters. The summed E-state index contributed by atoms with van der Waals surface area (Å²) in [5.41, 5.74) is 0. The molecule has 0 spiro atoms. The molecule has 5 unspecified atom stereocenters. The highest BCUT2D eigenvalue weighted by molar-refractivity contribution is 5.01. The lowest BCUT2D eigenvalue weighted by atomic mass is 9.77. The summed E-state index contributed by atoms with van der Waals surface area (Å²) in [6.45, 7) is 3.78. The van der Waals surface area contributed by atoms with Gasteiger partial charge in [0.1, 0.15) is 0 Å². The van der Waals surface area contributed by atoms with Crippen molar-refractivity contribution in [2.24, 2.45) is 11.8 Å². The molecule has 16 heavy (non-hydrogen) atoms. The van der Waals surface area contributed by atoms with E-state index in [1.54, 1.807) is 0 Å². The zero-order valence-electron chi connectivity index (χ0n) is 9.92. The SMILES string of the molecule is CCCC1CCN2CC(O)C(O)C2C1CO. The molecule has 94 valence electrons. The first-order valence-electron chi connectivity index (χ1n) is 6.40. The summed E-state index contributed by atoms with van der Waals surface area (Å²) in [6, 6.07) is -0.0368. The van der Waals surface area contributed by atoms with Crippen molar-refractivity contribution in [1.82, 2.24) is 4.90 Å². The van der Waals surface area contributed by atoms with Crippen LogP contribution in [0, 0.1) is 11.8 Å². The van der Waals surface area contributed by atoms with Crippen LogP contribution in [0.15, 0.2) is 0 Å². The number of hydrogen-bond donors (Lipinski definition) is 3. The number of aliphatic hydroxyl groups is 3. The molecule has 2 fully saturated rings. The van der Waals surface area contributed by atoms with Gasteiger partial charge in [0.2, 0.25) is 0 Å². The minimum atomic E-state index is -0.684. The van der Waals surface area contributed by atoms with E-state index in [1.807, 2.05) is 0 Å². The van der Waals surface area contributed by atoms with Crippen molar-refractivity contribution in [2.75, 3.05) is 19.7 Å². The number of fused-ring (bicyclic) bond motifs is 1. The number of nitrogens with zero attached hydrogens (tertiary/aromatic N) is 1. The third kappa shape index (κ3) is 1.99. The van der Waals surface area contributed by atoms with Crippen molar-refractivity contribution in [2.45, 2.75) is 44.4 Å². The number of piperidine rings is 1. The maximum absolute atomic E-state index is 9.98. The second kappa shape index (κ2) is 5.00. The smallest absolute Gasteiger partial charge is 0.0970 e. The highest BCUT2D eigenvalue weighted by Crippen LogP contribution is 2.37. The van der Waals surface area contributed by atoms with Gasteiger partial charge in [-0.15, -0.1) is 0 Å². The predicted molar refractivity (Wildman–Crippen MR) is 61.0 cm³/mol. The molecule has 2 saturated heterocycles. The van der Waals surface area contributed by atoms with Crippen LogP contribution >= 0.6 is 0 Å². The van der Waals surface area contributed by atoms with Crippen molar-refractivity contribution >= 4 is 0 Å². The molecule has 4 nitrogen and oxygen atoms in total. The number of aliphatic hydroxyl groups excluding tert-OH is 3. The van der Waals surface area contributed by atoms with Gasteiger partial charge in [0.15, 0.2) is 0 Å². The van der Waals surface area contributed by atoms with E-state index < -0.39 is 12.2 Å². The summed E-state index contributed by atoms with van der Waals surface area (Å²) >= 11 is 0. The Labute approximate surface area is 96.9 Å². The van der Waals surface area contributed by atoms with Crippen LogP contribution in [0.2, 0.25) is 0 Å². The lowest BCUT2D eigenvalue weighted by Gasteiger charge is -2.42. The Kier molecular flexibility index (Phi) is 3.85. The molecule has 0 bridgehead atoms. The molecule has 2 heterocycles. The first-order valence-corrected chi connectivity index (χ1v) is 6.40. The van der Waals surface area contributed by atoms with E-state index in [1.165, 1.54) is 0 Å². The minimum Gasteiger partial charge on any atom is -0.396 e. The van der Waals surface area contributed by atoms with Crippen LogP contribution in [0.4, 0.5) is 0 Å². The molecule has 3 N–H and O–H groups in total. The molecule has 4 heteroatoms. The zero-order chi connectivity index (χ0) is 11.7. The largest absolute Gasteiger partial charge is 0.396 e. The molecule has 0 aromatic carbocycles. The summed E-state index contributed by atoms with van der Waals surface area (Å²) in [5, 5.41) is 29.2. The van der Waals surface area contributed by atoms with E-state index in [4.69, 9.17) is 0 Å². The van der Waals surface area contributed by atoms with Crippen LogP contribution in [0.3, 0.4) is 0 Å². The van der Waals surface area contributed by atoms with Gasteiger partial charge in [0.25, 0.3) is 0 Å². The molecular formula is C12H23NO3. The van der Waals surface area contributed by atoms with Crippen molar-refractivity contribution in [1.29, 1.82) is 0 Å². The van der Waals surface area contributed by atoms with Crippen LogP contribution in [-0.4, -0.2) is 58.2 Å². The monoisotopic (exact) mass is 229 g/mol. The van der Waals surface area contributed by atoms with E-state index in [-0.39, 0.29) is 18.6 Å². The Bertz CT molecular complexity index is 236. The molecule has 0 aromatic heterocycles. The quantitative estimate of drug-likeness (QED) is 0.628. The molecular weight excluding hydrogens is 206 g/mol. The van der Waals surface area contributed by atoms with Crippen LogP contribution in [0.1, 0.15) is 26.2 Å². The summed E-state index contributed by atoms with van der Waals surface area (Å²) in [5.74, 6) is 0.622. The van der Waals surface area contributed by atoms with Gasteiger partial charge >= 0.3 is 0 Å². The van der Waals surface area contributed by atoms with Crippen molar-refractivity contribution < 1.29 is 15.3 Å². The van der Waals surface area contributed by atoms with Crippen LogP contribution < -0.4 is 0 Å². The maximum atomic E-state index is 9.98. The Morgan fingerprint density at radius 2 is 2.06 bits per heavy atom. The van der Waals surface area contributed by atoms with E-state index >= 15 is 0 Å². The Morgan fingerprint density at radius 1 is 1.31 bits per heavy atom. The van der Waals surface area contributed by atoms with E-state index in [2.05, 4.69) is 11.8 Å². The summed E-state index contributed by atoms with van der Waals surface area (Å²) < 4.78 is 0. The fourth-order valence-electron chi connectivity index (χ4n) is 3.49.